The molecule has 0 atom stereocenters. The molecule has 1 aliphatic heterocycles. The molecule has 0 aromatic heterocycles. The average Bonchev–Trinajstić information content (AvgIpc) is 2.38. The summed E-state index contributed by atoms with van der Waals surface area (Å²) in [6.07, 6.45) is 0. The zero-order chi connectivity index (χ0) is 13.1. The van der Waals surface area contributed by atoms with Crippen LogP contribution in [0.5, 0.6) is 0 Å². The number of hydrogen-bond donors (Lipinski definition) is 0. The Morgan fingerprint density at radius 1 is 1.00 bits per heavy atom. The summed E-state index contributed by atoms with van der Waals surface area (Å²) in [4.78, 5) is 27.1. The molecule has 1 aromatic carbocycles. The lowest BCUT2D eigenvalue weighted by molar-refractivity contribution is -0.130. The van der Waals surface area contributed by atoms with Crippen LogP contribution in [0.3, 0.4) is 0 Å². The molecule has 0 spiro atoms. The van der Waals surface area contributed by atoms with Crippen molar-refractivity contribution in [3.63, 3.8) is 0 Å². The molecule has 2 rings (SSSR count). The Morgan fingerprint density at radius 3 is 2.11 bits per heavy atom. The molecule has 0 radical (unpaired) electrons. The van der Waals surface area contributed by atoms with Gasteiger partial charge in [0.1, 0.15) is 0 Å². The molecule has 1 aliphatic rings. The number of nitrogens with zero attached hydrogens (tertiary/aromatic N) is 2. The molecule has 0 aliphatic carbocycles. The Kier molecular flexibility index (Phi) is 3.65. The zero-order valence-corrected chi connectivity index (χ0v) is 10.8. The number of aryl methyl sites for hydroxylation is 1. The predicted octanol–water partition coefficient (Wildman–Crippen LogP) is 1.30. The van der Waals surface area contributed by atoms with E-state index in [1.54, 1.807) is 11.8 Å². The molecule has 1 heterocycles. The topological polar surface area (TPSA) is 40.6 Å². The highest BCUT2D eigenvalue weighted by Gasteiger charge is 2.23. The number of rotatable bonds is 1. The third-order valence-electron chi connectivity index (χ3n) is 3.39. The van der Waals surface area contributed by atoms with E-state index in [0.717, 1.165) is 11.1 Å². The Bertz CT molecular complexity index is 463. The fraction of sp³-hybridized carbons (Fsp3) is 0.429. The van der Waals surface area contributed by atoms with Gasteiger partial charge in [0.05, 0.1) is 0 Å². The summed E-state index contributed by atoms with van der Waals surface area (Å²) in [6.45, 7) is 6.01. The van der Waals surface area contributed by atoms with E-state index < -0.39 is 0 Å². The first kappa shape index (κ1) is 12.6. The van der Waals surface area contributed by atoms with Gasteiger partial charge in [-0.05, 0) is 18.6 Å². The first-order valence-corrected chi connectivity index (χ1v) is 6.20. The van der Waals surface area contributed by atoms with Gasteiger partial charge in [-0.15, -0.1) is 0 Å². The number of carbonyl (C=O) groups excluding carboxylic acids is 2. The molecule has 0 N–H and O–H groups in total. The summed E-state index contributed by atoms with van der Waals surface area (Å²) in [5.74, 6) is 0.147. The quantitative estimate of drug-likeness (QED) is 0.749. The maximum Gasteiger partial charge on any atom is 0.254 e. The second-order valence-electron chi connectivity index (χ2n) is 4.61. The minimum Gasteiger partial charge on any atom is -0.339 e. The number of piperazine rings is 1. The molecule has 1 aromatic rings. The average molecular weight is 246 g/mol. The lowest BCUT2D eigenvalue weighted by atomic mass is 10.1. The summed E-state index contributed by atoms with van der Waals surface area (Å²) in [5.41, 5.74) is 1.75. The first-order valence-electron chi connectivity index (χ1n) is 6.20. The monoisotopic (exact) mass is 246 g/mol. The van der Waals surface area contributed by atoms with E-state index in [1.807, 2.05) is 36.1 Å². The van der Waals surface area contributed by atoms with Crippen molar-refractivity contribution in [3.05, 3.63) is 35.4 Å². The van der Waals surface area contributed by atoms with Gasteiger partial charge in [-0.1, -0.05) is 18.2 Å². The van der Waals surface area contributed by atoms with Crippen molar-refractivity contribution in [1.29, 1.82) is 0 Å². The van der Waals surface area contributed by atoms with Gasteiger partial charge in [0.15, 0.2) is 0 Å². The Labute approximate surface area is 107 Å². The molecule has 4 heteroatoms. The highest BCUT2D eigenvalue weighted by atomic mass is 16.2. The van der Waals surface area contributed by atoms with Crippen molar-refractivity contribution >= 4 is 11.8 Å². The molecule has 18 heavy (non-hydrogen) atoms. The van der Waals surface area contributed by atoms with Gasteiger partial charge in [-0.3, -0.25) is 9.59 Å². The smallest absolute Gasteiger partial charge is 0.254 e. The minimum absolute atomic E-state index is 0.0660. The number of amides is 2. The summed E-state index contributed by atoms with van der Waals surface area (Å²) in [5, 5.41) is 0. The van der Waals surface area contributed by atoms with Gasteiger partial charge in [0, 0.05) is 38.7 Å². The number of hydrogen-bond acceptors (Lipinski definition) is 2. The van der Waals surface area contributed by atoms with Crippen LogP contribution in [0.2, 0.25) is 0 Å². The van der Waals surface area contributed by atoms with Crippen molar-refractivity contribution in [3.8, 4) is 0 Å². The van der Waals surface area contributed by atoms with E-state index in [9.17, 15) is 9.59 Å². The Hall–Kier alpha value is -1.84. The summed E-state index contributed by atoms with van der Waals surface area (Å²) < 4.78 is 0. The molecule has 1 saturated heterocycles. The summed E-state index contributed by atoms with van der Waals surface area (Å²) >= 11 is 0. The standard InChI is InChI=1S/C14H18N2O2/c1-11-5-3-4-6-13(11)14(18)16-9-7-15(8-10-16)12(2)17/h3-6H,7-10H2,1-2H3. The molecule has 96 valence electrons. The van der Waals surface area contributed by atoms with Crippen LogP contribution in [0, 0.1) is 6.92 Å². The van der Waals surface area contributed by atoms with Crippen LogP contribution in [-0.4, -0.2) is 47.8 Å². The first-order chi connectivity index (χ1) is 8.59. The Morgan fingerprint density at radius 2 is 1.56 bits per heavy atom. The number of carbonyl (C=O) groups is 2. The highest BCUT2D eigenvalue weighted by molar-refractivity contribution is 5.95. The lowest BCUT2D eigenvalue weighted by Gasteiger charge is -2.34. The predicted molar refractivity (Wildman–Crippen MR) is 69.3 cm³/mol. The highest BCUT2D eigenvalue weighted by Crippen LogP contribution is 2.12. The Balaban J connectivity index is 2.04. The van der Waals surface area contributed by atoms with Crippen LogP contribution in [0.15, 0.2) is 24.3 Å². The van der Waals surface area contributed by atoms with Gasteiger partial charge < -0.3 is 9.80 Å². The normalized spacial score (nSPS) is 15.7. The molecular weight excluding hydrogens is 228 g/mol. The van der Waals surface area contributed by atoms with Gasteiger partial charge in [-0.25, -0.2) is 0 Å². The van der Waals surface area contributed by atoms with Crippen molar-refractivity contribution in [1.82, 2.24) is 9.80 Å². The van der Waals surface area contributed by atoms with Crippen molar-refractivity contribution in [2.24, 2.45) is 0 Å². The minimum atomic E-state index is 0.0660. The van der Waals surface area contributed by atoms with Crippen molar-refractivity contribution < 1.29 is 9.59 Å². The zero-order valence-electron chi connectivity index (χ0n) is 10.8. The van der Waals surface area contributed by atoms with E-state index in [4.69, 9.17) is 0 Å². The third-order valence-corrected chi connectivity index (χ3v) is 3.39. The van der Waals surface area contributed by atoms with E-state index in [2.05, 4.69) is 0 Å². The van der Waals surface area contributed by atoms with Crippen LogP contribution in [0.4, 0.5) is 0 Å². The molecule has 0 unspecified atom stereocenters. The van der Waals surface area contributed by atoms with Gasteiger partial charge in [0.2, 0.25) is 5.91 Å². The van der Waals surface area contributed by atoms with E-state index in [-0.39, 0.29) is 11.8 Å². The van der Waals surface area contributed by atoms with Crippen molar-refractivity contribution in [2.75, 3.05) is 26.2 Å². The van der Waals surface area contributed by atoms with Gasteiger partial charge in [0.25, 0.3) is 5.91 Å². The van der Waals surface area contributed by atoms with Crippen LogP contribution < -0.4 is 0 Å². The van der Waals surface area contributed by atoms with Crippen molar-refractivity contribution in [2.45, 2.75) is 13.8 Å². The molecule has 0 bridgehead atoms. The van der Waals surface area contributed by atoms with Crippen LogP contribution in [0.25, 0.3) is 0 Å². The SMILES string of the molecule is CC(=O)N1CCN(C(=O)c2ccccc2C)CC1. The number of benzene rings is 1. The van der Waals surface area contributed by atoms with E-state index >= 15 is 0 Å². The largest absolute Gasteiger partial charge is 0.339 e. The molecular formula is C14H18N2O2. The fourth-order valence-corrected chi connectivity index (χ4v) is 2.21. The summed E-state index contributed by atoms with van der Waals surface area (Å²) in [6, 6.07) is 7.61. The van der Waals surface area contributed by atoms with Gasteiger partial charge >= 0.3 is 0 Å². The summed E-state index contributed by atoms with van der Waals surface area (Å²) in [7, 11) is 0. The van der Waals surface area contributed by atoms with Crippen LogP contribution in [0.1, 0.15) is 22.8 Å². The van der Waals surface area contributed by atoms with Crippen LogP contribution in [-0.2, 0) is 4.79 Å². The molecule has 1 fully saturated rings. The third kappa shape index (κ3) is 2.53. The second kappa shape index (κ2) is 5.21. The maximum atomic E-state index is 12.3. The van der Waals surface area contributed by atoms with E-state index in [0.29, 0.717) is 26.2 Å². The molecule has 4 nitrogen and oxygen atoms in total. The fourth-order valence-electron chi connectivity index (χ4n) is 2.21. The lowest BCUT2D eigenvalue weighted by Crippen LogP contribution is -2.50. The molecule has 2 amide bonds. The van der Waals surface area contributed by atoms with Gasteiger partial charge in [-0.2, -0.15) is 0 Å². The van der Waals surface area contributed by atoms with E-state index in [1.165, 1.54) is 0 Å². The van der Waals surface area contributed by atoms with Crippen LogP contribution >= 0.6 is 0 Å². The molecule has 0 saturated carbocycles. The second-order valence-corrected chi connectivity index (χ2v) is 4.61. The maximum absolute atomic E-state index is 12.3.